The molecule has 2 fully saturated rings. The Labute approximate surface area is 248 Å². The number of piperidine rings is 1. The highest BCUT2D eigenvalue weighted by atomic mass is 35.5. The van der Waals surface area contributed by atoms with E-state index in [2.05, 4.69) is 48.4 Å². The molecule has 0 amide bonds. The van der Waals surface area contributed by atoms with Crippen LogP contribution in [0.25, 0.3) is 0 Å². The number of halogens is 1. The molecular weight excluding hydrogens is 564 g/mol. The summed E-state index contributed by atoms with van der Waals surface area (Å²) in [5.74, 6) is 1.34. The molecule has 5 rings (SSSR count). The number of nitrogens with zero attached hydrogens (tertiary/aromatic N) is 6. The molecule has 41 heavy (non-hydrogen) atoms. The van der Waals surface area contributed by atoms with Crippen LogP contribution in [0.1, 0.15) is 12.8 Å². The zero-order valence-corrected chi connectivity index (χ0v) is 25.2. The van der Waals surface area contributed by atoms with Crippen LogP contribution in [0, 0.1) is 0 Å². The molecule has 2 saturated heterocycles. The lowest BCUT2D eigenvalue weighted by Gasteiger charge is -2.42. The number of ether oxygens (including phenoxy) is 1. The maximum atomic E-state index is 11.6. The summed E-state index contributed by atoms with van der Waals surface area (Å²) in [6.07, 6.45) is 3.81. The lowest BCUT2D eigenvalue weighted by atomic mass is 10.0. The molecule has 2 aliphatic heterocycles. The SMILES string of the molecule is COc1cc(N2CCC(N3CCN(C)CC3)CC2)ccc1Nc1ncc(Cl)c(Nc2ccccc2N(C)[SH](=O)=O)n1. The van der Waals surface area contributed by atoms with Crippen molar-refractivity contribution in [2.75, 3.05) is 80.3 Å². The van der Waals surface area contributed by atoms with Crippen molar-refractivity contribution in [1.29, 1.82) is 0 Å². The Hall–Kier alpha value is -3.32. The maximum absolute atomic E-state index is 11.6. The van der Waals surface area contributed by atoms with Crippen LogP contribution in [0.4, 0.5) is 34.5 Å². The zero-order valence-electron chi connectivity index (χ0n) is 23.6. The molecule has 0 unspecified atom stereocenters. The Morgan fingerprint density at radius 1 is 1.00 bits per heavy atom. The molecule has 0 bridgehead atoms. The van der Waals surface area contributed by atoms with Crippen molar-refractivity contribution >= 4 is 57.0 Å². The van der Waals surface area contributed by atoms with Gasteiger partial charge in [0.2, 0.25) is 16.8 Å². The first-order valence-corrected chi connectivity index (χ1v) is 15.2. The Kier molecular flexibility index (Phi) is 9.33. The summed E-state index contributed by atoms with van der Waals surface area (Å²) in [6, 6.07) is 13.8. The van der Waals surface area contributed by atoms with Crippen LogP contribution >= 0.6 is 11.6 Å². The molecule has 0 atom stereocenters. The first kappa shape index (κ1) is 29.2. The predicted molar refractivity (Wildman–Crippen MR) is 166 cm³/mol. The van der Waals surface area contributed by atoms with Crippen LogP contribution in [0.3, 0.4) is 0 Å². The fourth-order valence-electron chi connectivity index (χ4n) is 5.37. The number of para-hydroxylation sites is 2. The van der Waals surface area contributed by atoms with Gasteiger partial charge in [-0.15, -0.1) is 0 Å². The first-order valence-electron chi connectivity index (χ1n) is 13.7. The first-order chi connectivity index (χ1) is 19.8. The number of hydrogen-bond acceptors (Lipinski definition) is 10. The molecule has 3 heterocycles. The normalized spacial score (nSPS) is 17.0. The minimum absolute atomic E-state index is 0.293. The van der Waals surface area contributed by atoms with E-state index in [9.17, 15) is 8.42 Å². The van der Waals surface area contributed by atoms with E-state index in [0.717, 1.165) is 67.8 Å². The number of methoxy groups -OCH3 is 1. The third-order valence-corrected chi connectivity index (χ3v) is 8.79. The zero-order chi connectivity index (χ0) is 28.9. The summed E-state index contributed by atoms with van der Waals surface area (Å²) < 4.78 is 30.0. The molecule has 3 aromatic rings. The summed E-state index contributed by atoms with van der Waals surface area (Å²) in [7, 11) is 2.52. The standard InChI is InChI=1S/C28H37ClN8O3S/c1-34-14-16-37(17-15-34)20-10-12-36(13-11-20)21-8-9-24(26(18-21)40-3)32-28-30-19-22(29)27(33-28)31-23-6-4-5-7-25(23)35(2)41(38)39/h4-9,18-20,41H,10-17H2,1-3H3,(H2,30,31,32,33). The van der Waals surface area contributed by atoms with Gasteiger partial charge in [0.1, 0.15) is 10.8 Å². The van der Waals surface area contributed by atoms with E-state index in [0.29, 0.717) is 40.0 Å². The smallest absolute Gasteiger partial charge is 0.229 e. The van der Waals surface area contributed by atoms with Crippen LogP contribution in [0.2, 0.25) is 5.02 Å². The second-order valence-electron chi connectivity index (χ2n) is 10.4. The molecule has 1 aromatic heterocycles. The molecule has 13 heteroatoms. The van der Waals surface area contributed by atoms with Crippen LogP contribution < -0.4 is 24.6 Å². The molecule has 0 spiro atoms. The minimum Gasteiger partial charge on any atom is -0.494 e. The van der Waals surface area contributed by atoms with Gasteiger partial charge in [0.05, 0.1) is 30.4 Å². The predicted octanol–water partition coefficient (Wildman–Crippen LogP) is 3.80. The molecule has 2 aliphatic rings. The third kappa shape index (κ3) is 6.95. The second-order valence-corrected chi connectivity index (χ2v) is 11.8. The van der Waals surface area contributed by atoms with Crippen molar-refractivity contribution in [2.45, 2.75) is 18.9 Å². The number of nitrogens with one attached hydrogen (secondary N) is 2. The van der Waals surface area contributed by atoms with Gasteiger partial charge in [-0.1, -0.05) is 23.7 Å². The molecule has 0 saturated carbocycles. The number of benzene rings is 2. The average molecular weight is 601 g/mol. The quantitative estimate of drug-likeness (QED) is 0.314. The topological polar surface area (TPSA) is 106 Å². The van der Waals surface area contributed by atoms with E-state index < -0.39 is 10.9 Å². The van der Waals surface area contributed by atoms with Crippen LogP contribution in [0.5, 0.6) is 5.75 Å². The van der Waals surface area contributed by atoms with Gasteiger partial charge in [-0.25, -0.2) is 13.4 Å². The van der Waals surface area contributed by atoms with E-state index >= 15 is 0 Å². The number of anilines is 6. The van der Waals surface area contributed by atoms with Crippen molar-refractivity contribution in [2.24, 2.45) is 0 Å². The number of piperazine rings is 1. The van der Waals surface area contributed by atoms with Crippen molar-refractivity contribution in [3.63, 3.8) is 0 Å². The van der Waals surface area contributed by atoms with Gasteiger partial charge >= 0.3 is 0 Å². The van der Waals surface area contributed by atoms with E-state index in [-0.39, 0.29) is 0 Å². The Morgan fingerprint density at radius 3 is 2.44 bits per heavy atom. The van der Waals surface area contributed by atoms with E-state index in [1.807, 2.05) is 12.1 Å². The van der Waals surface area contributed by atoms with E-state index in [1.165, 1.54) is 13.2 Å². The fraction of sp³-hybridized carbons (Fsp3) is 0.429. The summed E-state index contributed by atoms with van der Waals surface area (Å²) in [6.45, 7) is 6.64. The van der Waals surface area contributed by atoms with E-state index in [4.69, 9.17) is 16.3 Å². The molecular formula is C28H37ClN8O3S. The number of rotatable bonds is 9. The lowest BCUT2D eigenvalue weighted by Crippen LogP contribution is -2.52. The highest BCUT2D eigenvalue weighted by molar-refractivity contribution is 7.74. The van der Waals surface area contributed by atoms with Gasteiger partial charge in [0.15, 0.2) is 5.82 Å². The summed E-state index contributed by atoms with van der Waals surface area (Å²) in [5, 5.41) is 6.66. The number of hydrogen-bond donors (Lipinski definition) is 3. The summed E-state index contributed by atoms with van der Waals surface area (Å²) in [4.78, 5) is 16.4. The summed E-state index contributed by atoms with van der Waals surface area (Å²) >= 11 is 6.39. The third-order valence-electron chi connectivity index (χ3n) is 7.81. The second kappa shape index (κ2) is 13.1. The van der Waals surface area contributed by atoms with Crippen molar-refractivity contribution < 1.29 is 13.2 Å². The molecule has 2 N–H and O–H groups in total. The van der Waals surface area contributed by atoms with Crippen LogP contribution in [-0.4, -0.2) is 94.7 Å². The van der Waals surface area contributed by atoms with Gasteiger partial charge in [0, 0.05) is 64.1 Å². The van der Waals surface area contributed by atoms with Crippen molar-refractivity contribution in [3.05, 3.63) is 53.7 Å². The Morgan fingerprint density at radius 2 is 1.73 bits per heavy atom. The lowest BCUT2D eigenvalue weighted by molar-refractivity contribution is 0.0982. The maximum Gasteiger partial charge on any atom is 0.229 e. The number of thiol groups is 1. The molecule has 11 nitrogen and oxygen atoms in total. The number of likely N-dealkylation sites (N-methyl/N-ethyl adjacent to an activating group) is 1. The Balaban J connectivity index is 1.27. The Bertz CT molecular complexity index is 1420. The number of aromatic nitrogens is 2. The van der Waals surface area contributed by atoms with Gasteiger partial charge in [0.25, 0.3) is 0 Å². The fourth-order valence-corrected chi connectivity index (χ4v) is 5.86. The van der Waals surface area contributed by atoms with E-state index in [1.54, 1.807) is 31.4 Å². The van der Waals surface area contributed by atoms with Gasteiger partial charge < -0.3 is 25.2 Å². The summed E-state index contributed by atoms with van der Waals surface area (Å²) in [5.41, 5.74) is 2.86. The van der Waals surface area contributed by atoms with Crippen molar-refractivity contribution in [3.8, 4) is 5.75 Å². The molecule has 2 aromatic carbocycles. The van der Waals surface area contributed by atoms with Crippen LogP contribution in [-0.2, 0) is 10.9 Å². The molecule has 220 valence electrons. The molecule has 0 radical (unpaired) electrons. The average Bonchev–Trinajstić information content (AvgIpc) is 2.99. The highest BCUT2D eigenvalue weighted by Gasteiger charge is 2.27. The van der Waals surface area contributed by atoms with Gasteiger partial charge in [-0.3, -0.25) is 9.21 Å². The highest BCUT2D eigenvalue weighted by Crippen LogP contribution is 2.35. The van der Waals surface area contributed by atoms with Gasteiger partial charge in [-0.05, 0) is 44.2 Å². The van der Waals surface area contributed by atoms with Crippen LogP contribution in [0.15, 0.2) is 48.7 Å². The van der Waals surface area contributed by atoms with Crippen molar-refractivity contribution in [1.82, 2.24) is 19.8 Å². The monoisotopic (exact) mass is 600 g/mol. The minimum atomic E-state index is -2.80. The largest absolute Gasteiger partial charge is 0.494 e. The molecule has 0 aliphatic carbocycles. The van der Waals surface area contributed by atoms with Gasteiger partial charge in [-0.2, -0.15) is 4.98 Å².